The molecule has 6 nitrogen and oxygen atoms in total. The predicted octanol–water partition coefficient (Wildman–Crippen LogP) is 3.37. The Kier molecular flexibility index (Phi) is 6.26. The molecule has 2 aromatic rings. The highest BCUT2D eigenvalue weighted by Gasteiger charge is 2.10. The third-order valence-corrected chi connectivity index (χ3v) is 3.37. The lowest BCUT2D eigenvalue weighted by molar-refractivity contribution is -0.116. The van der Waals surface area contributed by atoms with Gasteiger partial charge in [0.25, 0.3) is 0 Å². The number of aryl methyl sites for hydroxylation is 1. The lowest BCUT2D eigenvalue weighted by Gasteiger charge is -2.11. The summed E-state index contributed by atoms with van der Waals surface area (Å²) in [5.74, 6) is 1.46. The zero-order chi connectivity index (χ0) is 17.5. The summed E-state index contributed by atoms with van der Waals surface area (Å²) in [5, 5.41) is 6.95. The van der Waals surface area contributed by atoms with Gasteiger partial charge in [-0.3, -0.25) is 4.79 Å². The van der Waals surface area contributed by atoms with Crippen LogP contribution in [-0.4, -0.2) is 24.8 Å². The van der Waals surface area contributed by atoms with Crippen LogP contribution in [-0.2, 0) is 11.3 Å². The summed E-state index contributed by atoms with van der Waals surface area (Å²) < 4.78 is 15.7. The summed E-state index contributed by atoms with van der Waals surface area (Å²) in [4.78, 5) is 11.9. The number of aromatic nitrogens is 1. The van der Waals surface area contributed by atoms with Crippen LogP contribution in [0.4, 0.5) is 0 Å². The highest BCUT2D eigenvalue weighted by atomic mass is 35.5. The van der Waals surface area contributed by atoms with Crippen molar-refractivity contribution in [1.82, 2.24) is 10.5 Å². The molecule has 7 heteroatoms. The number of hydrogen-bond acceptors (Lipinski definition) is 5. The molecular formula is C17H19ClN2O4. The Labute approximate surface area is 145 Å². The minimum absolute atomic E-state index is 0.250. The lowest BCUT2D eigenvalue weighted by Crippen LogP contribution is -2.20. The number of halogens is 1. The molecule has 1 aromatic carbocycles. The molecule has 0 aliphatic heterocycles. The Bertz CT molecular complexity index is 740. The van der Waals surface area contributed by atoms with Gasteiger partial charge in [-0.05, 0) is 37.6 Å². The van der Waals surface area contributed by atoms with Gasteiger partial charge in [-0.1, -0.05) is 16.8 Å². The average Bonchev–Trinajstić information content (AvgIpc) is 2.98. The van der Waals surface area contributed by atoms with Crippen LogP contribution in [0.25, 0.3) is 6.08 Å². The molecule has 24 heavy (non-hydrogen) atoms. The van der Waals surface area contributed by atoms with Gasteiger partial charge in [0, 0.05) is 12.1 Å². The van der Waals surface area contributed by atoms with Crippen molar-refractivity contribution in [3.05, 3.63) is 46.3 Å². The van der Waals surface area contributed by atoms with Gasteiger partial charge >= 0.3 is 0 Å². The van der Waals surface area contributed by atoms with Crippen molar-refractivity contribution in [3.63, 3.8) is 0 Å². The van der Waals surface area contributed by atoms with Gasteiger partial charge < -0.3 is 19.3 Å². The molecule has 0 atom stereocenters. The van der Waals surface area contributed by atoms with Crippen LogP contribution >= 0.6 is 11.6 Å². The van der Waals surface area contributed by atoms with Gasteiger partial charge in [0.05, 0.1) is 25.3 Å². The number of hydrogen-bond donors (Lipinski definition) is 1. The average molecular weight is 351 g/mol. The summed E-state index contributed by atoms with van der Waals surface area (Å²) in [6.07, 6.45) is 3.06. The number of nitrogens with one attached hydrogen (secondary N) is 1. The van der Waals surface area contributed by atoms with Gasteiger partial charge in [0.1, 0.15) is 11.5 Å². The van der Waals surface area contributed by atoms with Crippen LogP contribution in [0.2, 0.25) is 5.02 Å². The highest BCUT2D eigenvalue weighted by molar-refractivity contribution is 6.32. The molecule has 0 spiro atoms. The van der Waals surface area contributed by atoms with Crippen LogP contribution < -0.4 is 14.8 Å². The van der Waals surface area contributed by atoms with Gasteiger partial charge in [0.2, 0.25) is 5.91 Å². The van der Waals surface area contributed by atoms with E-state index in [1.54, 1.807) is 31.2 Å². The molecule has 0 aliphatic rings. The normalized spacial score (nSPS) is 10.8. The van der Waals surface area contributed by atoms with E-state index >= 15 is 0 Å². The zero-order valence-corrected chi connectivity index (χ0v) is 14.5. The van der Waals surface area contributed by atoms with E-state index in [1.165, 1.54) is 13.2 Å². The van der Waals surface area contributed by atoms with E-state index in [2.05, 4.69) is 10.5 Å². The SMILES string of the molecule is CCOc1c(Cl)cc(/C=C/C(=O)NCc2cc(C)on2)cc1OC. The van der Waals surface area contributed by atoms with Crippen molar-refractivity contribution >= 4 is 23.6 Å². The zero-order valence-electron chi connectivity index (χ0n) is 13.8. The molecule has 0 radical (unpaired) electrons. The van der Waals surface area contributed by atoms with E-state index in [0.29, 0.717) is 41.1 Å². The standard InChI is InChI=1S/C17H19ClN2O4/c1-4-23-17-14(18)8-12(9-15(17)22-3)5-6-16(21)19-10-13-7-11(2)24-20-13/h5-9H,4,10H2,1-3H3,(H,19,21)/b6-5+. The number of carbonyl (C=O) groups excluding carboxylic acids is 1. The van der Waals surface area contributed by atoms with Crippen molar-refractivity contribution < 1.29 is 18.8 Å². The molecule has 0 saturated carbocycles. The van der Waals surface area contributed by atoms with Gasteiger partial charge in [-0.25, -0.2) is 0 Å². The molecule has 0 unspecified atom stereocenters. The van der Waals surface area contributed by atoms with Crippen LogP contribution in [0, 0.1) is 6.92 Å². The molecule has 0 aliphatic carbocycles. The van der Waals surface area contributed by atoms with Gasteiger partial charge in [-0.15, -0.1) is 0 Å². The molecule has 128 valence electrons. The molecule has 1 amide bonds. The minimum atomic E-state index is -0.250. The molecule has 1 N–H and O–H groups in total. The lowest BCUT2D eigenvalue weighted by atomic mass is 10.2. The third kappa shape index (κ3) is 4.76. The van der Waals surface area contributed by atoms with Crippen LogP contribution in [0.5, 0.6) is 11.5 Å². The maximum Gasteiger partial charge on any atom is 0.244 e. The van der Waals surface area contributed by atoms with Crippen LogP contribution in [0.15, 0.2) is 28.8 Å². The van der Waals surface area contributed by atoms with E-state index < -0.39 is 0 Å². The maximum absolute atomic E-state index is 11.9. The van der Waals surface area contributed by atoms with Crippen molar-refractivity contribution in [2.45, 2.75) is 20.4 Å². The van der Waals surface area contributed by atoms with E-state index in [9.17, 15) is 4.79 Å². The number of methoxy groups -OCH3 is 1. The van der Waals surface area contributed by atoms with Gasteiger partial charge in [0.15, 0.2) is 11.5 Å². The number of benzene rings is 1. The van der Waals surface area contributed by atoms with Crippen molar-refractivity contribution in [2.24, 2.45) is 0 Å². The van der Waals surface area contributed by atoms with E-state index in [-0.39, 0.29) is 5.91 Å². The van der Waals surface area contributed by atoms with E-state index in [1.807, 2.05) is 6.92 Å². The second kappa shape index (κ2) is 8.40. The first-order valence-electron chi connectivity index (χ1n) is 7.42. The number of amides is 1. The highest BCUT2D eigenvalue weighted by Crippen LogP contribution is 2.36. The second-order valence-electron chi connectivity index (χ2n) is 4.95. The molecule has 2 rings (SSSR count). The molecule has 0 bridgehead atoms. The quantitative estimate of drug-likeness (QED) is 0.775. The number of rotatable bonds is 7. The largest absolute Gasteiger partial charge is 0.493 e. The monoisotopic (exact) mass is 350 g/mol. The maximum atomic E-state index is 11.9. The van der Waals surface area contributed by atoms with Crippen molar-refractivity contribution in [3.8, 4) is 11.5 Å². The molecule has 0 fully saturated rings. The Hall–Kier alpha value is -2.47. The Morgan fingerprint density at radius 2 is 2.21 bits per heavy atom. The third-order valence-electron chi connectivity index (χ3n) is 3.09. The first-order chi connectivity index (χ1) is 11.5. The van der Waals surface area contributed by atoms with Crippen molar-refractivity contribution in [1.29, 1.82) is 0 Å². The fourth-order valence-corrected chi connectivity index (χ4v) is 2.30. The summed E-state index contributed by atoms with van der Waals surface area (Å²) in [6, 6.07) is 5.22. The van der Waals surface area contributed by atoms with Crippen LogP contribution in [0.3, 0.4) is 0 Å². The van der Waals surface area contributed by atoms with Gasteiger partial charge in [-0.2, -0.15) is 0 Å². The topological polar surface area (TPSA) is 73.6 Å². The first kappa shape index (κ1) is 17.9. The number of ether oxygens (including phenoxy) is 2. The number of carbonyl (C=O) groups is 1. The Morgan fingerprint density at radius 3 is 2.83 bits per heavy atom. The second-order valence-corrected chi connectivity index (χ2v) is 5.35. The van der Waals surface area contributed by atoms with E-state index in [0.717, 1.165) is 5.56 Å². The fraction of sp³-hybridized carbons (Fsp3) is 0.294. The number of nitrogens with zero attached hydrogens (tertiary/aromatic N) is 1. The molecule has 1 heterocycles. The van der Waals surface area contributed by atoms with Crippen molar-refractivity contribution in [2.75, 3.05) is 13.7 Å². The Balaban J connectivity index is 2.02. The fourth-order valence-electron chi connectivity index (χ4n) is 2.03. The Morgan fingerprint density at radius 1 is 1.42 bits per heavy atom. The molecular weight excluding hydrogens is 332 g/mol. The summed E-state index contributed by atoms with van der Waals surface area (Å²) in [6.45, 7) is 4.44. The molecule has 1 aromatic heterocycles. The minimum Gasteiger partial charge on any atom is -0.493 e. The smallest absolute Gasteiger partial charge is 0.244 e. The van der Waals surface area contributed by atoms with Crippen LogP contribution in [0.1, 0.15) is 23.9 Å². The summed E-state index contributed by atoms with van der Waals surface area (Å²) in [7, 11) is 1.54. The summed E-state index contributed by atoms with van der Waals surface area (Å²) in [5.41, 5.74) is 1.40. The molecule has 0 saturated heterocycles. The predicted molar refractivity (Wildman–Crippen MR) is 91.3 cm³/mol. The first-order valence-corrected chi connectivity index (χ1v) is 7.79. The van der Waals surface area contributed by atoms with E-state index in [4.69, 9.17) is 25.6 Å². The summed E-state index contributed by atoms with van der Waals surface area (Å²) >= 11 is 6.19.